The zero-order valence-electron chi connectivity index (χ0n) is 33.4. The minimum atomic E-state index is -3.86. The van der Waals surface area contributed by atoms with Gasteiger partial charge >= 0.3 is 5.97 Å². The van der Waals surface area contributed by atoms with E-state index in [1.807, 2.05) is 57.2 Å². The molecule has 5 atom stereocenters. The van der Waals surface area contributed by atoms with Crippen LogP contribution in [0, 0.1) is 22.7 Å². The first-order valence-corrected chi connectivity index (χ1v) is 22.0. The fourth-order valence-corrected chi connectivity index (χ4v) is 9.83. The number of esters is 1. The number of ketones is 1. The number of nitrogens with one attached hydrogen (secondary N) is 1. The maximum absolute atomic E-state index is 14.7. The Morgan fingerprint density at radius 2 is 1.88 bits per heavy atom. The van der Waals surface area contributed by atoms with Crippen molar-refractivity contribution in [1.29, 1.82) is 0 Å². The molecule has 2 saturated carbocycles. The molecule has 308 valence electrons. The van der Waals surface area contributed by atoms with E-state index in [0.29, 0.717) is 73.4 Å². The van der Waals surface area contributed by atoms with E-state index < -0.39 is 56.0 Å². The Kier molecular flexibility index (Phi) is 11.7. The van der Waals surface area contributed by atoms with Crippen LogP contribution in [0.3, 0.4) is 0 Å². The van der Waals surface area contributed by atoms with E-state index in [1.54, 1.807) is 13.2 Å². The number of hydrogen-bond acceptors (Lipinski definition) is 11. The highest BCUT2D eigenvalue weighted by Crippen LogP contribution is 2.57. The summed E-state index contributed by atoms with van der Waals surface area (Å²) in [5, 5.41) is 0.0893. The number of carbonyl (C=O) groups excluding carboxylic acids is 4. The molecule has 1 aromatic carbocycles. The summed E-state index contributed by atoms with van der Waals surface area (Å²) >= 11 is 0. The molecule has 3 aliphatic heterocycles. The molecule has 5 aliphatic rings. The number of ether oxygens (including phenoxy) is 4. The Balaban J connectivity index is 1.28. The Labute approximate surface area is 335 Å². The van der Waals surface area contributed by atoms with Crippen molar-refractivity contribution in [1.82, 2.24) is 14.6 Å². The minimum absolute atomic E-state index is 0.0586. The molecular weight excluding hydrogens is 751 g/mol. The molecule has 0 unspecified atom stereocenters. The minimum Gasteiger partial charge on any atom is -0.496 e. The van der Waals surface area contributed by atoms with Crippen LogP contribution in [0.15, 0.2) is 36.4 Å². The topological polar surface area (TPSA) is 167 Å². The molecule has 0 radical (unpaired) electrons. The maximum Gasteiger partial charge on any atom is 0.306 e. The van der Waals surface area contributed by atoms with Crippen molar-refractivity contribution in [3.05, 3.63) is 42.0 Å². The quantitative estimate of drug-likeness (QED) is 0.266. The van der Waals surface area contributed by atoms with E-state index in [0.717, 1.165) is 24.8 Å². The van der Waals surface area contributed by atoms with Crippen molar-refractivity contribution < 1.29 is 46.5 Å². The molecule has 2 aliphatic carbocycles. The van der Waals surface area contributed by atoms with Crippen molar-refractivity contribution >= 4 is 50.6 Å². The Hall–Kier alpha value is -4.46. The average Bonchev–Trinajstić information content (AvgIpc) is 4.09. The largest absolute Gasteiger partial charge is 0.496 e. The van der Waals surface area contributed by atoms with Crippen LogP contribution in [0.25, 0.3) is 17.0 Å². The van der Waals surface area contributed by atoms with E-state index in [9.17, 15) is 27.6 Å². The van der Waals surface area contributed by atoms with Crippen molar-refractivity contribution in [3.63, 3.8) is 0 Å². The van der Waals surface area contributed by atoms with Crippen LogP contribution in [0.5, 0.6) is 17.4 Å². The van der Waals surface area contributed by atoms with Gasteiger partial charge in [-0.15, -0.1) is 0 Å². The molecule has 0 spiro atoms. The Morgan fingerprint density at radius 3 is 2.63 bits per heavy atom. The number of sulfonamides is 1. The van der Waals surface area contributed by atoms with Crippen LogP contribution in [0.4, 0.5) is 0 Å². The third kappa shape index (κ3) is 9.16. The van der Waals surface area contributed by atoms with E-state index in [1.165, 1.54) is 4.90 Å². The van der Waals surface area contributed by atoms with Gasteiger partial charge in [0.1, 0.15) is 17.6 Å². The lowest BCUT2D eigenvalue weighted by Crippen LogP contribution is -2.46. The number of aromatic nitrogens is 1. The van der Waals surface area contributed by atoms with Gasteiger partial charge in [-0.1, -0.05) is 51.0 Å². The zero-order valence-corrected chi connectivity index (χ0v) is 34.2. The fourth-order valence-electron chi connectivity index (χ4n) is 8.44. The SMILES string of the molecule is CCOc1cc2c3cc(c(OC)cc3n1)/C=C/CC(C)(C)COC(=O)C[C@H]1CCCCC/C=C\[C@H]3C[C@@]3(C(=O)NS(=O)(=O)C3CC3)CC(=O)[C@@H]3C[C@H](CN3C1=O)O2. The van der Waals surface area contributed by atoms with Crippen molar-refractivity contribution in [3.8, 4) is 17.4 Å². The number of allylic oxidation sites excluding steroid dienone is 3. The van der Waals surface area contributed by atoms with Gasteiger partial charge in [-0.05, 0) is 63.9 Å². The molecule has 13 nitrogen and oxygen atoms in total. The third-order valence-electron chi connectivity index (χ3n) is 12.0. The van der Waals surface area contributed by atoms with Gasteiger partial charge in [0, 0.05) is 47.3 Å². The normalized spacial score (nSPS) is 29.5. The summed E-state index contributed by atoms with van der Waals surface area (Å²) in [5.41, 5.74) is -0.303. The molecule has 7 rings (SSSR count). The van der Waals surface area contributed by atoms with Crippen LogP contribution >= 0.6 is 0 Å². The molecule has 2 aromatic rings. The predicted octanol–water partition coefficient (Wildman–Crippen LogP) is 6.08. The smallest absolute Gasteiger partial charge is 0.306 e. The monoisotopic (exact) mass is 805 g/mol. The van der Waals surface area contributed by atoms with E-state index in [4.69, 9.17) is 23.9 Å². The molecule has 57 heavy (non-hydrogen) atoms. The molecule has 14 heteroatoms. The van der Waals surface area contributed by atoms with Crippen LogP contribution in [0.2, 0.25) is 0 Å². The molecule has 4 heterocycles. The summed E-state index contributed by atoms with van der Waals surface area (Å²) < 4.78 is 52.3. The summed E-state index contributed by atoms with van der Waals surface area (Å²) in [7, 11) is -2.27. The number of amides is 2. The number of pyridine rings is 1. The summed E-state index contributed by atoms with van der Waals surface area (Å²) in [6.45, 7) is 6.45. The summed E-state index contributed by atoms with van der Waals surface area (Å²) in [6, 6.07) is 4.49. The summed E-state index contributed by atoms with van der Waals surface area (Å²) in [6.07, 6.45) is 12.5. The number of carbonyl (C=O) groups is 4. The lowest BCUT2D eigenvalue weighted by molar-refractivity contribution is -0.152. The van der Waals surface area contributed by atoms with E-state index in [2.05, 4.69) is 4.72 Å². The standard InChI is InChI=1S/C43H55N3O10S/c1-5-54-38-22-37-32-18-27(36(53-4)21-33(32)44-38)13-11-17-42(2,3)26-55-39(48)19-28-12-9-7-6-8-10-14-29-23-43(29,41(50)45-57(51,52)31-15-16-31)24-35(47)34-20-30(56-37)25-46(34)40(28)49/h10-11,13-14,18,21-22,28-31,34H,5-9,12,15-17,19-20,23-26H2,1-4H3,(H,45,50)/b13-11+,14-10-/t28-,29+,30-,34+,43-/m1/s1. The van der Waals surface area contributed by atoms with Gasteiger partial charge in [-0.3, -0.25) is 23.9 Å². The van der Waals surface area contributed by atoms with Crippen LogP contribution in [-0.4, -0.2) is 86.1 Å². The third-order valence-corrected chi connectivity index (χ3v) is 13.8. The van der Waals surface area contributed by atoms with Gasteiger partial charge in [0.2, 0.25) is 27.7 Å². The van der Waals surface area contributed by atoms with Crippen LogP contribution in [0.1, 0.15) is 103 Å². The number of fused-ring (bicyclic) bond motifs is 4. The highest BCUT2D eigenvalue weighted by molar-refractivity contribution is 7.90. The summed E-state index contributed by atoms with van der Waals surface area (Å²) in [5.74, 6) is -1.48. The molecule has 2 amide bonds. The summed E-state index contributed by atoms with van der Waals surface area (Å²) in [4.78, 5) is 63.0. The highest BCUT2D eigenvalue weighted by atomic mass is 32.2. The number of hydrogen-bond donors (Lipinski definition) is 1. The first-order valence-electron chi connectivity index (χ1n) is 20.4. The van der Waals surface area contributed by atoms with Gasteiger partial charge in [-0.2, -0.15) is 0 Å². The number of Topliss-reactive ketones (excluding diaryl/α,β-unsaturated/α-hetero) is 1. The van der Waals surface area contributed by atoms with Gasteiger partial charge in [0.15, 0.2) is 5.78 Å². The molecule has 3 fully saturated rings. The van der Waals surface area contributed by atoms with Gasteiger partial charge < -0.3 is 23.8 Å². The number of benzene rings is 1. The van der Waals surface area contributed by atoms with Gasteiger partial charge in [0.05, 0.1) is 55.5 Å². The van der Waals surface area contributed by atoms with Gasteiger partial charge in [0.25, 0.3) is 0 Å². The predicted molar refractivity (Wildman–Crippen MR) is 213 cm³/mol. The lowest BCUT2D eigenvalue weighted by Gasteiger charge is -2.29. The second kappa shape index (κ2) is 16.4. The van der Waals surface area contributed by atoms with E-state index in [-0.39, 0.29) is 50.0 Å². The molecule has 1 aromatic heterocycles. The Morgan fingerprint density at radius 1 is 1.07 bits per heavy atom. The number of cyclic esters (lactones) is 1. The van der Waals surface area contributed by atoms with Crippen LogP contribution in [-0.2, 0) is 33.9 Å². The molecular formula is C43H55N3O10S. The van der Waals surface area contributed by atoms with Crippen LogP contribution < -0.4 is 18.9 Å². The first kappa shape index (κ1) is 40.7. The number of nitrogens with zero attached hydrogens (tertiary/aromatic N) is 2. The second-order valence-electron chi connectivity index (χ2n) is 17.2. The Bertz CT molecular complexity index is 2080. The highest BCUT2D eigenvalue weighted by Gasteiger charge is 2.61. The molecule has 1 saturated heterocycles. The molecule has 5 bridgehead atoms. The maximum atomic E-state index is 14.7. The van der Waals surface area contributed by atoms with Crippen molar-refractivity contribution in [2.45, 2.75) is 115 Å². The number of rotatable bonds is 6. The lowest BCUT2D eigenvalue weighted by atomic mass is 9.89. The zero-order chi connectivity index (χ0) is 40.5. The average molecular weight is 806 g/mol. The second-order valence-corrected chi connectivity index (χ2v) is 19.1. The van der Waals surface area contributed by atoms with Gasteiger partial charge in [-0.25, -0.2) is 13.4 Å². The fraction of sp³-hybridized carbons (Fsp3) is 0.605. The van der Waals surface area contributed by atoms with Crippen molar-refractivity contribution in [2.24, 2.45) is 22.7 Å². The van der Waals surface area contributed by atoms with Crippen molar-refractivity contribution in [2.75, 3.05) is 26.9 Å². The first-order chi connectivity index (χ1) is 27.2. The number of methoxy groups -OCH3 is 1. The molecule has 1 N–H and O–H groups in total. The van der Waals surface area contributed by atoms with E-state index >= 15 is 0 Å².